The number of sulfonamides is 1. The summed E-state index contributed by atoms with van der Waals surface area (Å²) in [6.45, 7) is 7.19. The Balaban J connectivity index is 0.912. The first kappa shape index (κ1) is 34.1. The molecule has 4 saturated carbocycles. The van der Waals surface area contributed by atoms with E-state index in [1.165, 1.54) is 12.1 Å². The first-order valence-corrected chi connectivity index (χ1v) is 19.4. The number of hydrogen-bond donors (Lipinski definition) is 3. The molecule has 7 rings (SSSR count). The van der Waals surface area contributed by atoms with Gasteiger partial charge in [-0.2, -0.15) is 0 Å². The maximum absolute atomic E-state index is 12.8. The fraction of sp³-hybridized carbons (Fsp3) is 0.658. The van der Waals surface area contributed by atoms with Crippen LogP contribution in [0.1, 0.15) is 101 Å². The molecule has 262 valence electrons. The first-order valence-electron chi connectivity index (χ1n) is 17.9. The van der Waals surface area contributed by atoms with Crippen molar-refractivity contribution in [2.45, 2.75) is 108 Å². The summed E-state index contributed by atoms with van der Waals surface area (Å²) in [5.41, 5.74) is 0.838. The molecule has 2 aromatic rings. The Bertz CT molecular complexity index is 1590. The number of rotatable bonds is 9. The van der Waals surface area contributed by atoms with Gasteiger partial charge in [-0.15, -0.1) is 0 Å². The minimum atomic E-state index is -3.76. The summed E-state index contributed by atoms with van der Waals surface area (Å²) in [7, 11) is -3.76. The van der Waals surface area contributed by atoms with Gasteiger partial charge in [-0.25, -0.2) is 13.2 Å². The average Bonchev–Trinajstić information content (AvgIpc) is 3.81. The number of nitrogens with zero attached hydrogens (tertiary/aromatic N) is 1. The molecule has 0 bridgehead atoms. The highest BCUT2D eigenvalue weighted by atomic mass is 32.2. The number of ether oxygens (including phenoxy) is 1. The van der Waals surface area contributed by atoms with Crippen LogP contribution < -0.4 is 0 Å². The summed E-state index contributed by atoms with van der Waals surface area (Å²) in [5, 5.41) is 33.7. The van der Waals surface area contributed by atoms with Gasteiger partial charge in [-0.3, -0.25) is 4.84 Å². The van der Waals surface area contributed by atoms with E-state index in [4.69, 9.17) is 9.57 Å². The zero-order valence-electron chi connectivity index (χ0n) is 28.3. The maximum Gasteiger partial charge on any atom is 0.338 e. The molecule has 1 saturated heterocycles. The normalized spacial score (nSPS) is 41.0. The molecule has 0 spiro atoms. The molecule has 2 unspecified atom stereocenters. The standard InChI is InChI=1S/C38H51NO8S/c1-23(29-15-16-30-34-31(22-33(42)38(29,30)3)37(2)18-17-27(40)20-26(37)21-32(34)41)8-7-19-46-36(43)25-13-11-24(12-14-25)35-39(47-35)48(44,45)28-9-5-4-6-10-28/h4-6,9-14,23,26-27,29-35,40-42H,7-8,15-22H2,1-3H3/t23-,26+,27-,29-,30+,31+,32-,33+,34+,35?,37+,38-,39?/m1/s1. The van der Waals surface area contributed by atoms with Gasteiger partial charge in [0, 0.05) is 5.56 Å². The van der Waals surface area contributed by atoms with Crippen molar-refractivity contribution in [2.75, 3.05) is 6.61 Å². The number of aliphatic hydroxyl groups is 3. The van der Waals surface area contributed by atoms with Gasteiger partial charge in [0.2, 0.25) is 0 Å². The summed E-state index contributed by atoms with van der Waals surface area (Å²) in [6, 6.07) is 14.7. The lowest BCUT2D eigenvalue weighted by molar-refractivity contribution is -0.207. The summed E-state index contributed by atoms with van der Waals surface area (Å²) in [5.74, 6) is 1.33. The van der Waals surface area contributed by atoms with Crippen molar-refractivity contribution < 1.29 is 38.1 Å². The Morgan fingerprint density at radius 3 is 2.44 bits per heavy atom. The Kier molecular flexibility index (Phi) is 9.08. The monoisotopic (exact) mass is 681 g/mol. The van der Waals surface area contributed by atoms with E-state index in [0.29, 0.717) is 35.5 Å². The molecule has 1 heterocycles. The van der Waals surface area contributed by atoms with Crippen molar-refractivity contribution in [2.24, 2.45) is 46.3 Å². The molecule has 0 amide bonds. The molecule has 5 fully saturated rings. The number of fused-ring (bicyclic) bond motifs is 5. The van der Waals surface area contributed by atoms with E-state index in [9.17, 15) is 28.5 Å². The highest BCUT2D eigenvalue weighted by Gasteiger charge is 2.65. The number of carbonyl (C=O) groups excluding carboxylic acids is 1. The van der Waals surface area contributed by atoms with Crippen LogP contribution in [0.3, 0.4) is 0 Å². The van der Waals surface area contributed by atoms with Crippen molar-refractivity contribution in [3.05, 3.63) is 65.7 Å². The zero-order valence-corrected chi connectivity index (χ0v) is 29.1. The summed E-state index contributed by atoms with van der Waals surface area (Å²) in [4.78, 5) is 18.3. The van der Waals surface area contributed by atoms with E-state index in [1.54, 1.807) is 42.5 Å². The van der Waals surface area contributed by atoms with Gasteiger partial charge in [-0.05, 0) is 133 Å². The molecule has 10 heteroatoms. The van der Waals surface area contributed by atoms with E-state index in [-0.39, 0.29) is 45.7 Å². The molecule has 48 heavy (non-hydrogen) atoms. The zero-order chi connectivity index (χ0) is 34.0. The van der Waals surface area contributed by atoms with Crippen molar-refractivity contribution in [1.82, 2.24) is 4.47 Å². The molecule has 0 radical (unpaired) electrons. The second-order valence-corrected chi connectivity index (χ2v) is 17.7. The topological polar surface area (TPSA) is 137 Å². The molecule has 3 N–H and O–H groups in total. The van der Waals surface area contributed by atoms with Gasteiger partial charge >= 0.3 is 5.97 Å². The first-order chi connectivity index (χ1) is 22.9. The van der Waals surface area contributed by atoms with Crippen molar-refractivity contribution >= 4 is 16.0 Å². The molecule has 4 aliphatic carbocycles. The molecule has 0 aromatic heterocycles. The second-order valence-electron chi connectivity index (χ2n) is 15.9. The molecular formula is C38H51NO8S. The van der Waals surface area contributed by atoms with E-state index >= 15 is 0 Å². The fourth-order valence-electron chi connectivity index (χ4n) is 10.9. The van der Waals surface area contributed by atoms with Crippen LogP contribution in [0.15, 0.2) is 59.5 Å². The van der Waals surface area contributed by atoms with Crippen molar-refractivity contribution in [3.63, 3.8) is 0 Å². The number of aliphatic hydroxyl groups excluding tert-OH is 3. The smallest absolute Gasteiger partial charge is 0.338 e. The number of carbonyl (C=O) groups is 1. The average molecular weight is 682 g/mol. The molecule has 9 nitrogen and oxygen atoms in total. The lowest BCUT2D eigenvalue weighted by atomic mass is 9.43. The van der Waals surface area contributed by atoms with Crippen LogP contribution >= 0.6 is 0 Å². The molecule has 13 atom stereocenters. The third-order valence-electron chi connectivity index (χ3n) is 13.6. The molecule has 2 aromatic carbocycles. The minimum Gasteiger partial charge on any atom is -0.462 e. The molecule has 5 aliphatic rings. The van der Waals surface area contributed by atoms with Gasteiger partial charge in [0.1, 0.15) is 0 Å². The van der Waals surface area contributed by atoms with E-state index in [0.717, 1.165) is 62.3 Å². The highest BCUT2D eigenvalue weighted by Crippen LogP contribution is 2.68. The molecular weight excluding hydrogens is 630 g/mol. The fourth-order valence-corrected chi connectivity index (χ4v) is 12.2. The number of hydroxylamine groups is 1. The number of benzene rings is 2. The third-order valence-corrected chi connectivity index (χ3v) is 15.2. The maximum atomic E-state index is 12.8. The van der Waals surface area contributed by atoms with Crippen LogP contribution in [0, 0.1) is 46.3 Å². The van der Waals surface area contributed by atoms with Crippen molar-refractivity contribution in [3.8, 4) is 0 Å². The van der Waals surface area contributed by atoms with E-state index in [2.05, 4.69) is 20.8 Å². The minimum absolute atomic E-state index is 0.0639. The van der Waals surface area contributed by atoms with Gasteiger partial charge in [0.15, 0.2) is 6.23 Å². The van der Waals surface area contributed by atoms with Gasteiger partial charge in [-0.1, -0.05) is 51.1 Å². The Hall–Kier alpha value is -2.34. The third kappa shape index (κ3) is 5.74. The molecule has 1 aliphatic heterocycles. The van der Waals surface area contributed by atoms with Crippen LogP contribution in [0.5, 0.6) is 0 Å². The Morgan fingerprint density at radius 2 is 1.71 bits per heavy atom. The SMILES string of the molecule is C[C@H](CCCOC(=O)c1ccc(C2ON2S(=O)(=O)c2ccccc2)cc1)[C@H]1CC[C@H]2[C@@H]3[C@H](O)C[C@@H]4C[C@H](O)CC[C@]4(C)[C@H]3C[C@H](O)[C@]12C. The van der Waals surface area contributed by atoms with Gasteiger partial charge in [0.25, 0.3) is 10.0 Å². The van der Waals surface area contributed by atoms with Gasteiger partial charge in [0.05, 0.1) is 35.4 Å². The largest absolute Gasteiger partial charge is 0.462 e. The highest BCUT2D eigenvalue weighted by molar-refractivity contribution is 7.89. The van der Waals surface area contributed by atoms with Crippen LogP contribution in [-0.4, -0.2) is 59.1 Å². The summed E-state index contributed by atoms with van der Waals surface area (Å²) in [6.07, 6.45) is 5.90. The van der Waals surface area contributed by atoms with Crippen LogP contribution in [0.4, 0.5) is 0 Å². The Morgan fingerprint density at radius 1 is 0.979 bits per heavy atom. The quantitative estimate of drug-likeness (QED) is 0.170. The summed E-state index contributed by atoms with van der Waals surface area (Å²) >= 11 is 0. The van der Waals surface area contributed by atoms with Gasteiger partial charge < -0.3 is 20.1 Å². The second kappa shape index (κ2) is 12.8. The van der Waals surface area contributed by atoms with Crippen LogP contribution in [0.2, 0.25) is 0 Å². The summed E-state index contributed by atoms with van der Waals surface area (Å²) < 4.78 is 32.1. The lowest BCUT2D eigenvalue weighted by Crippen LogP contribution is -2.62. The Labute approximate surface area is 284 Å². The lowest BCUT2D eigenvalue weighted by Gasteiger charge is -2.63. The van der Waals surface area contributed by atoms with E-state index in [1.807, 2.05) is 0 Å². The predicted molar refractivity (Wildman–Crippen MR) is 178 cm³/mol. The number of esters is 1. The van der Waals surface area contributed by atoms with Crippen LogP contribution in [0.25, 0.3) is 0 Å². The van der Waals surface area contributed by atoms with Crippen LogP contribution in [-0.2, 0) is 19.6 Å². The van der Waals surface area contributed by atoms with E-state index < -0.39 is 28.3 Å². The van der Waals surface area contributed by atoms with Crippen molar-refractivity contribution in [1.29, 1.82) is 0 Å². The predicted octanol–water partition coefficient (Wildman–Crippen LogP) is 5.86. The number of hydrogen-bond acceptors (Lipinski definition) is 8.